The Balaban J connectivity index is 1.70. The van der Waals surface area contributed by atoms with Crippen LogP contribution in [0, 0.1) is 0 Å². The van der Waals surface area contributed by atoms with E-state index in [9.17, 15) is 0 Å². The van der Waals surface area contributed by atoms with Crippen molar-refractivity contribution in [2.24, 2.45) is 0 Å². The number of ether oxygens (including phenoxy) is 2. The van der Waals surface area contributed by atoms with E-state index in [1.165, 1.54) is 5.56 Å². The van der Waals surface area contributed by atoms with E-state index in [-0.39, 0.29) is 6.04 Å². The lowest BCUT2D eigenvalue weighted by Gasteiger charge is -2.14. The maximum absolute atomic E-state index is 5.66. The number of rotatable bonds is 7. The van der Waals surface area contributed by atoms with Crippen LogP contribution in [0.15, 0.2) is 48.8 Å². The topological polar surface area (TPSA) is 43.4 Å². The van der Waals surface area contributed by atoms with Gasteiger partial charge in [-0.2, -0.15) is 0 Å². The summed E-state index contributed by atoms with van der Waals surface area (Å²) in [6, 6.07) is 11.9. The predicted molar refractivity (Wildman–Crippen MR) is 79.1 cm³/mol. The molecule has 1 atom stereocenters. The molecule has 0 fully saturated rings. The highest BCUT2D eigenvalue weighted by Crippen LogP contribution is 2.16. The molecular weight excluding hydrogens is 252 g/mol. The lowest BCUT2D eigenvalue weighted by Crippen LogP contribution is -2.24. The van der Waals surface area contributed by atoms with E-state index in [0.29, 0.717) is 6.61 Å². The number of nitrogens with one attached hydrogen (secondary N) is 1. The molecule has 1 heterocycles. The van der Waals surface area contributed by atoms with Gasteiger partial charge >= 0.3 is 0 Å². The summed E-state index contributed by atoms with van der Waals surface area (Å²) in [6.45, 7) is 3.52. The molecule has 1 aromatic heterocycles. The molecule has 0 spiro atoms. The van der Waals surface area contributed by atoms with E-state index in [4.69, 9.17) is 9.47 Å². The highest BCUT2D eigenvalue weighted by molar-refractivity contribution is 5.31. The molecule has 0 saturated heterocycles. The minimum absolute atomic E-state index is 0.267. The van der Waals surface area contributed by atoms with Crippen molar-refractivity contribution in [2.45, 2.75) is 13.0 Å². The summed E-state index contributed by atoms with van der Waals surface area (Å²) in [7, 11) is 1.65. The summed E-state index contributed by atoms with van der Waals surface area (Å²) in [4.78, 5) is 4.11. The fourth-order valence-electron chi connectivity index (χ4n) is 1.87. The molecule has 0 bridgehead atoms. The zero-order chi connectivity index (χ0) is 14.2. The molecule has 2 aromatic rings. The number of hydrogen-bond acceptors (Lipinski definition) is 4. The third kappa shape index (κ3) is 4.24. The van der Waals surface area contributed by atoms with Crippen molar-refractivity contribution >= 4 is 0 Å². The van der Waals surface area contributed by atoms with E-state index in [2.05, 4.69) is 23.3 Å². The summed E-state index contributed by atoms with van der Waals surface area (Å²) >= 11 is 0. The smallest absolute Gasteiger partial charge is 0.119 e. The lowest BCUT2D eigenvalue weighted by molar-refractivity contribution is 0.307. The first-order chi connectivity index (χ1) is 9.79. The van der Waals surface area contributed by atoms with Gasteiger partial charge in [-0.05, 0) is 42.8 Å². The van der Waals surface area contributed by atoms with Gasteiger partial charge in [0.15, 0.2) is 0 Å². The van der Waals surface area contributed by atoms with Crippen molar-refractivity contribution in [1.29, 1.82) is 0 Å². The van der Waals surface area contributed by atoms with Gasteiger partial charge < -0.3 is 14.8 Å². The number of aromatic nitrogens is 1. The van der Waals surface area contributed by atoms with Crippen molar-refractivity contribution < 1.29 is 9.47 Å². The van der Waals surface area contributed by atoms with E-state index in [1.807, 2.05) is 36.5 Å². The van der Waals surface area contributed by atoms with Crippen molar-refractivity contribution in [3.63, 3.8) is 0 Å². The molecule has 1 unspecified atom stereocenters. The summed E-state index contributed by atoms with van der Waals surface area (Å²) in [5, 5.41) is 3.40. The lowest BCUT2D eigenvalue weighted by atomic mass is 10.1. The molecule has 0 aliphatic heterocycles. The van der Waals surface area contributed by atoms with Crippen molar-refractivity contribution in [3.8, 4) is 11.5 Å². The number of methoxy groups -OCH3 is 1. The maximum atomic E-state index is 5.66. The second kappa shape index (κ2) is 7.50. The first kappa shape index (κ1) is 14.3. The van der Waals surface area contributed by atoms with Gasteiger partial charge in [-0.3, -0.25) is 4.98 Å². The third-order valence-electron chi connectivity index (χ3n) is 3.07. The molecule has 0 aliphatic rings. The minimum Gasteiger partial charge on any atom is -0.497 e. The van der Waals surface area contributed by atoms with Crippen LogP contribution < -0.4 is 14.8 Å². The largest absolute Gasteiger partial charge is 0.497 e. The van der Waals surface area contributed by atoms with Gasteiger partial charge in [0.2, 0.25) is 0 Å². The average Bonchev–Trinajstić information content (AvgIpc) is 2.53. The Morgan fingerprint density at radius 2 is 1.90 bits per heavy atom. The molecule has 4 heteroatoms. The van der Waals surface area contributed by atoms with Crippen molar-refractivity contribution in [3.05, 3.63) is 54.4 Å². The summed E-state index contributed by atoms with van der Waals surface area (Å²) in [6.07, 6.45) is 3.66. The molecule has 20 heavy (non-hydrogen) atoms. The zero-order valence-corrected chi connectivity index (χ0v) is 11.9. The molecular formula is C16H20N2O2. The standard InChI is InChI=1S/C16H20N2O2/c1-13(14-4-3-9-17-12-14)18-10-11-20-16-7-5-15(19-2)6-8-16/h3-9,12-13,18H,10-11H2,1-2H3. The predicted octanol–water partition coefficient (Wildman–Crippen LogP) is 2.82. The van der Waals surface area contributed by atoms with E-state index in [0.717, 1.165) is 18.0 Å². The second-order valence-corrected chi connectivity index (χ2v) is 4.49. The van der Waals surface area contributed by atoms with Crippen LogP contribution in [0.5, 0.6) is 11.5 Å². The van der Waals surface area contributed by atoms with Crippen LogP contribution in [0.1, 0.15) is 18.5 Å². The molecule has 4 nitrogen and oxygen atoms in total. The Hall–Kier alpha value is -2.07. The van der Waals surface area contributed by atoms with Gasteiger partial charge in [-0.15, -0.1) is 0 Å². The van der Waals surface area contributed by atoms with Crippen LogP contribution in [0.4, 0.5) is 0 Å². The van der Waals surface area contributed by atoms with Crippen molar-refractivity contribution in [2.75, 3.05) is 20.3 Å². The first-order valence-corrected chi connectivity index (χ1v) is 6.70. The monoisotopic (exact) mass is 272 g/mol. The maximum Gasteiger partial charge on any atom is 0.119 e. The Kier molecular flexibility index (Phi) is 5.38. The van der Waals surface area contributed by atoms with Crippen LogP contribution in [-0.4, -0.2) is 25.2 Å². The van der Waals surface area contributed by atoms with Gasteiger partial charge in [-0.25, -0.2) is 0 Å². The van der Waals surface area contributed by atoms with Crippen LogP contribution in [0.25, 0.3) is 0 Å². The van der Waals surface area contributed by atoms with Gasteiger partial charge in [0.1, 0.15) is 18.1 Å². The van der Waals surface area contributed by atoms with Gasteiger partial charge in [-0.1, -0.05) is 6.07 Å². The van der Waals surface area contributed by atoms with E-state index in [1.54, 1.807) is 13.3 Å². The van der Waals surface area contributed by atoms with Gasteiger partial charge in [0.05, 0.1) is 7.11 Å². The fourth-order valence-corrected chi connectivity index (χ4v) is 1.87. The molecule has 106 valence electrons. The highest BCUT2D eigenvalue weighted by Gasteiger charge is 2.03. The van der Waals surface area contributed by atoms with E-state index < -0.39 is 0 Å². The molecule has 0 saturated carbocycles. The van der Waals surface area contributed by atoms with Crippen LogP contribution in [-0.2, 0) is 0 Å². The first-order valence-electron chi connectivity index (χ1n) is 6.70. The molecule has 2 rings (SSSR count). The average molecular weight is 272 g/mol. The number of pyridine rings is 1. The Labute approximate surface area is 119 Å². The number of nitrogens with zero attached hydrogens (tertiary/aromatic N) is 1. The fraction of sp³-hybridized carbons (Fsp3) is 0.312. The quantitative estimate of drug-likeness (QED) is 0.787. The molecule has 1 N–H and O–H groups in total. The molecule has 0 amide bonds. The van der Waals surface area contributed by atoms with Crippen LogP contribution in [0.3, 0.4) is 0 Å². The molecule has 1 aromatic carbocycles. The SMILES string of the molecule is COc1ccc(OCCNC(C)c2cccnc2)cc1. The molecule has 0 radical (unpaired) electrons. The minimum atomic E-state index is 0.267. The summed E-state index contributed by atoms with van der Waals surface area (Å²) < 4.78 is 10.8. The molecule has 0 aliphatic carbocycles. The van der Waals surface area contributed by atoms with E-state index >= 15 is 0 Å². The Morgan fingerprint density at radius 1 is 1.15 bits per heavy atom. The summed E-state index contributed by atoms with van der Waals surface area (Å²) in [5.74, 6) is 1.68. The zero-order valence-electron chi connectivity index (χ0n) is 11.9. The van der Waals surface area contributed by atoms with Crippen LogP contribution in [0.2, 0.25) is 0 Å². The van der Waals surface area contributed by atoms with Crippen LogP contribution >= 0.6 is 0 Å². The number of benzene rings is 1. The Bertz CT molecular complexity index is 500. The normalized spacial score (nSPS) is 11.9. The second-order valence-electron chi connectivity index (χ2n) is 4.49. The Morgan fingerprint density at radius 3 is 2.55 bits per heavy atom. The van der Waals surface area contributed by atoms with Gasteiger partial charge in [0, 0.05) is 25.0 Å². The van der Waals surface area contributed by atoms with Gasteiger partial charge in [0.25, 0.3) is 0 Å². The third-order valence-corrected chi connectivity index (χ3v) is 3.07. The number of hydrogen-bond donors (Lipinski definition) is 1. The summed E-state index contributed by atoms with van der Waals surface area (Å²) in [5.41, 5.74) is 1.18. The highest BCUT2D eigenvalue weighted by atomic mass is 16.5. The van der Waals surface area contributed by atoms with Crippen molar-refractivity contribution in [1.82, 2.24) is 10.3 Å².